The van der Waals surface area contributed by atoms with E-state index in [1.807, 2.05) is 42.5 Å². The van der Waals surface area contributed by atoms with Gasteiger partial charge in [0, 0.05) is 12.6 Å². The second-order valence-corrected chi connectivity index (χ2v) is 8.19. The topological polar surface area (TPSA) is 66.5 Å². The number of sulfonamides is 1. The van der Waals surface area contributed by atoms with Gasteiger partial charge in [-0.3, -0.25) is 9.10 Å². The summed E-state index contributed by atoms with van der Waals surface area (Å²) in [4.78, 5) is 12.3. The quantitative estimate of drug-likeness (QED) is 0.686. The van der Waals surface area contributed by atoms with Gasteiger partial charge >= 0.3 is 0 Å². The fourth-order valence-corrected chi connectivity index (χ4v) is 3.72. The zero-order valence-electron chi connectivity index (χ0n) is 15.0. The normalized spacial score (nSPS) is 11.4. The fraction of sp³-hybridized carbons (Fsp3) is 0.150. The molecule has 0 atom stereocenters. The average Bonchev–Trinajstić information content (AvgIpc) is 2.66. The third kappa shape index (κ3) is 4.45. The first-order valence-electron chi connectivity index (χ1n) is 8.42. The molecule has 0 aliphatic heterocycles. The first kappa shape index (κ1) is 19.8. The SMILES string of the molecule is CS(=O)(=O)N(CC(=O)NCc1cccc2ccccc12)c1ccc(F)c(F)c1. The smallest absolute Gasteiger partial charge is 0.241 e. The predicted octanol–water partition coefficient (Wildman–Crippen LogP) is 3.20. The maximum Gasteiger partial charge on any atom is 0.241 e. The predicted molar refractivity (Wildman–Crippen MR) is 104 cm³/mol. The molecule has 0 heterocycles. The minimum Gasteiger partial charge on any atom is -0.350 e. The molecule has 146 valence electrons. The zero-order chi connectivity index (χ0) is 20.3. The second kappa shape index (κ2) is 7.93. The Kier molecular flexibility index (Phi) is 5.60. The number of fused-ring (bicyclic) bond motifs is 1. The molecule has 0 bridgehead atoms. The van der Waals surface area contributed by atoms with E-state index >= 15 is 0 Å². The van der Waals surface area contributed by atoms with Gasteiger partial charge < -0.3 is 5.32 Å². The Labute approximate surface area is 161 Å². The lowest BCUT2D eigenvalue weighted by atomic mass is 10.0. The van der Waals surface area contributed by atoms with E-state index in [2.05, 4.69) is 5.32 Å². The number of amides is 1. The number of nitrogens with zero attached hydrogens (tertiary/aromatic N) is 1. The third-order valence-electron chi connectivity index (χ3n) is 4.23. The van der Waals surface area contributed by atoms with E-state index in [0.717, 1.165) is 45.1 Å². The highest BCUT2D eigenvalue weighted by Crippen LogP contribution is 2.21. The van der Waals surface area contributed by atoms with Crippen molar-refractivity contribution >= 4 is 32.4 Å². The van der Waals surface area contributed by atoms with Crippen LogP contribution in [-0.2, 0) is 21.4 Å². The van der Waals surface area contributed by atoms with Crippen molar-refractivity contribution in [3.8, 4) is 0 Å². The zero-order valence-corrected chi connectivity index (χ0v) is 15.8. The molecule has 0 saturated carbocycles. The Hall–Kier alpha value is -3.00. The molecule has 0 aliphatic carbocycles. The molecule has 0 saturated heterocycles. The molecule has 3 rings (SSSR count). The lowest BCUT2D eigenvalue weighted by molar-refractivity contribution is -0.119. The van der Waals surface area contributed by atoms with Gasteiger partial charge in [-0.1, -0.05) is 42.5 Å². The van der Waals surface area contributed by atoms with Crippen LogP contribution in [0.3, 0.4) is 0 Å². The number of hydrogen-bond acceptors (Lipinski definition) is 3. The standard InChI is InChI=1S/C20H18F2N2O3S/c1-28(26,27)24(16-9-10-18(21)19(22)11-16)13-20(25)23-12-15-7-4-6-14-5-2-3-8-17(14)15/h2-11H,12-13H2,1H3,(H,23,25). The summed E-state index contributed by atoms with van der Waals surface area (Å²) < 4.78 is 51.4. The van der Waals surface area contributed by atoms with Gasteiger partial charge in [-0.15, -0.1) is 0 Å². The van der Waals surface area contributed by atoms with E-state index in [4.69, 9.17) is 0 Å². The van der Waals surface area contributed by atoms with E-state index in [0.29, 0.717) is 0 Å². The molecule has 3 aromatic carbocycles. The van der Waals surface area contributed by atoms with Crippen LogP contribution in [0.4, 0.5) is 14.5 Å². The number of anilines is 1. The van der Waals surface area contributed by atoms with E-state index in [-0.39, 0.29) is 12.2 Å². The van der Waals surface area contributed by atoms with Crippen molar-refractivity contribution in [3.05, 3.63) is 77.9 Å². The summed E-state index contributed by atoms with van der Waals surface area (Å²) in [5.41, 5.74) is 0.756. The van der Waals surface area contributed by atoms with Crippen LogP contribution in [0.1, 0.15) is 5.56 Å². The largest absolute Gasteiger partial charge is 0.350 e. The highest BCUT2D eigenvalue weighted by atomic mass is 32.2. The van der Waals surface area contributed by atoms with E-state index in [1.54, 1.807) is 0 Å². The molecular weight excluding hydrogens is 386 g/mol. The Morgan fingerprint density at radius 2 is 1.71 bits per heavy atom. The minimum atomic E-state index is -3.88. The highest BCUT2D eigenvalue weighted by molar-refractivity contribution is 7.92. The minimum absolute atomic E-state index is 0.123. The Morgan fingerprint density at radius 3 is 2.43 bits per heavy atom. The number of halogens is 2. The molecule has 1 N–H and O–H groups in total. The molecule has 1 amide bonds. The molecule has 28 heavy (non-hydrogen) atoms. The van der Waals surface area contributed by atoms with Gasteiger partial charge in [-0.05, 0) is 28.5 Å². The van der Waals surface area contributed by atoms with Crippen LogP contribution in [0.5, 0.6) is 0 Å². The summed E-state index contributed by atoms with van der Waals surface area (Å²) >= 11 is 0. The molecule has 3 aromatic rings. The number of carbonyl (C=O) groups excluding carboxylic acids is 1. The lowest BCUT2D eigenvalue weighted by Gasteiger charge is -2.22. The number of rotatable bonds is 6. The average molecular weight is 404 g/mol. The van der Waals surface area contributed by atoms with Gasteiger partial charge in [0.15, 0.2) is 11.6 Å². The van der Waals surface area contributed by atoms with Crippen LogP contribution in [0.25, 0.3) is 10.8 Å². The summed E-state index contributed by atoms with van der Waals surface area (Å²) in [6.45, 7) is -0.343. The summed E-state index contributed by atoms with van der Waals surface area (Å²) in [6.07, 6.45) is 0.895. The highest BCUT2D eigenvalue weighted by Gasteiger charge is 2.22. The monoisotopic (exact) mass is 404 g/mol. The summed E-state index contributed by atoms with van der Waals surface area (Å²) in [5.74, 6) is -2.86. The number of carbonyl (C=O) groups is 1. The van der Waals surface area contributed by atoms with Gasteiger partial charge in [0.25, 0.3) is 0 Å². The summed E-state index contributed by atoms with van der Waals surface area (Å²) in [5, 5.41) is 4.68. The van der Waals surface area contributed by atoms with Crippen molar-refractivity contribution in [2.75, 3.05) is 17.1 Å². The molecule has 5 nitrogen and oxygen atoms in total. The number of nitrogens with one attached hydrogen (secondary N) is 1. The van der Waals surface area contributed by atoms with Crippen molar-refractivity contribution in [2.45, 2.75) is 6.54 Å². The van der Waals surface area contributed by atoms with Crippen LogP contribution in [-0.4, -0.2) is 27.1 Å². The lowest BCUT2D eigenvalue weighted by Crippen LogP contribution is -2.40. The molecule has 8 heteroatoms. The molecule has 0 aliphatic rings. The Morgan fingerprint density at radius 1 is 1.00 bits per heavy atom. The van der Waals surface area contributed by atoms with Crippen LogP contribution in [0.2, 0.25) is 0 Å². The van der Waals surface area contributed by atoms with Crippen molar-refractivity contribution in [1.29, 1.82) is 0 Å². The van der Waals surface area contributed by atoms with Crippen molar-refractivity contribution in [2.24, 2.45) is 0 Å². The molecular formula is C20H18F2N2O3S. The molecule has 0 fully saturated rings. The first-order valence-corrected chi connectivity index (χ1v) is 10.3. The molecule has 0 radical (unpaired) electrons. The van der Waals surface area contributed by atoms with Gasteiger partial charge in [-0.25, -0.2) is 17.2 Å². The molecule has 0 aromatic heterocycles. The van der Waals surface area contributed by atoms with Crippen LogP contribution >= 0.6 is 0 Å². The first-order chi connectivity index (χ1) is 13.3. The van der Waals surface area contributed by atoms with E-state index < -0.39 is 34.1 Å². The van der Waals surface area contributed by atoms with Gasteiger partial charge in [0.05, 0.1) is 11.9 Å². The van der Waals surface area contributed by atoms with E-state index in [1.165, 1.54) is 0 Å². The van der Waals surface area contributed by atoms with E-state index in [9.17, 15) is 22.0 Å². The Balaban J connectivity index is 1.76. The van der Waals surface area contributed by atoms with Gasteiger partial charge in [-0.2, -0.15) is 0 Å². The molecule has 0 unspecified atom stereocenters. The van der Waals surface area contributed by atoms with Gasteiger partial charge in [0.1, 0.15) is 6.54 Å². The fourth-order valence-electron chi connectivity index (χ4n) is 2.87. The van der Waals surface area contributed by atoms with Crippen molar-refractivity contribution in [3.63, 3.8) is 0 Å². The number of benzene rings is 3. The maximum atomic E-state index is 13.5. The summed E-state index contributed by atoms with van der Waals surface area (Å²) in [6, 6.07) is 16.0. The second-order valence-electron chi connectivity index (χ2n) is 6.28. The van der Waals surface area contributed by atoms with Crippen molar-refractivity contribution in [1.82, 2.24) is 5.32 Å². The van der Waals surface area contributed by atoms with Crippen LogP contribution < -0.4 is 9.62 Å². The number of hydrogen-bond donors (Lipinski definition) is 1. The maximum absolute atomic E-state index is 13.5. The third-order valence-corrected chi connectivity index (χ3v) is 5.38. The Bertz CT molecular complexity index is 1130. The van der Waals surface area contributed by atoms with Crippen LogP contribution in [0.15, 0.2) is 60.7 Å². The summed E-state index contributed by atoms with van der Waals surface area (Å²) in [7, 11) is -3.88. The van der Waals surface area contributed by atoms with Crippen LogP contribution in [0, 0.1) is 11.6 Å². The van der Waals surface area contributed by atoms with Crippen molar-refractivity contribution < 1.29 is 22.0 Å². The van der Waals surface area contributed by atoms with Gasteiger partial charge in [0.2, 0.25) is 15.9 Å². The molecule has 0 spiro atoms.